The van der Waals surface area contributed by atoms with E-state index in [-0.39, 0.29) is 18.1 Å². The summed E-state index contributed by atoms with van der Waals surface area (Å²) < 4.78 is 88.8. The third-order valence-electron chi connectivity index (χ3n) is 5.80. The van der Waals surface area contributed by atoms with Gasteiger partial charge in [0.1, 0.15) is 23.9 Å². The highest BCUT2D eigenvalue weighted by Gasteiger charge is 2.17. The number of benzene rings is 3. The van der Waals surface area contributed by atoms with Gasteiger partial charge in [0.2, 0.25) is 0 Å². The summed E-state index contributed by atoms with van der Waals surface area (Å²) in [6.07, 6.45) is -10.2. The summed E-state index contributed by atoms with van der Waals surface area (Å²) in [5.74, 6) is 0.659. The van der Waals surface area contributed by atoms with Crippen LogP contribution in [-0.4, -0.2) is 45.8 Å². The van der Waals surface area contributed by atoms with Gasteiger partial charge in [-0.05, 0) is 104 Å². The average molecular weight is 467 g/mol. The molecule has 1 aliphatic heterocycles. The first-order chi connectivity index (χ1) is 20.3. The van der Waals surface area contributed by atoms with Gasteiger partial charge in [0.25, 0.3) is 0 Å². The van der Waals surface area contributed by atoms with E-state index in [1.165, 1.54) is 0 Å². The molecule has 4 aromatic rings. The first-order valence-electron chi connectivity index (χ1n) is 16.0. The Morgan fingerprint density at radius 2 is 1.59 bits per heavy atom. The van der Waals surface area contributed by atoms with E-state index in [1.54, 1.807) is 36.4 Å². The molecule has 0 bridgehead atoms. The molecule has 1 saturated heterocycles. The molecule has 0 radical (unpaired) electrons. The normalized spacial score (nSPS) is 26.3. The van der Waals surface area contributed by atoms with Crippen LogP contribution >= 0.6 is 0 Å². The summed E-state index contributed by atoms with van der Waals surface area (Å²) in [6.45, 7) is -4.80. The van der Waals surface area contributed by atoms with E-state index in [4.69, 9.17) is 18.4 Å². The van der Waals surface area contributed by atoms with Crippen molar-refractivity contribution in [2.45, 2.75) is 32.6 Å². The molecule has 34 heavy (non-hydrogen) atoms. The first-order valence-corrected chi connectivity index (χ1v) is 11.0. The monoisotopic (exact) mass is 466 g/mol. The van der Waals surface area contributed by atoms with E-state index < -0.39 is 38.7 Å². The minimum atomic E-state index is -3.45. The zero-order valence-electron chi connectivity index (χ0n) is 28.7. The molecule has 176 valence electrons. The number of likely N-dealkylation sites (tertiary alicyclic amines) is 1. The lowest BCUT2D eigenvalue weighted by Gasteiger charge is -2.26. The molecule has 0 atom stereocenters. The lowest BCUT2D eigenvalue weighted by molar-refractivity contribution is 0.183. The number of aromatic nitrogens is 1. The summed E-state index contributed by atoms with van der Waals surface area (Å²) in [5, 5.41) is 20.8. The molecule has 0 aliphatic carbocycles. The molecule has 0 saturated carbocycles. The summed E-state index contributed by atoms with van der Waals surface area (Å²) in [7, 11) is 0. The van der Waals surface area contributed by atoms with Crippen LogP contribution in [0.3, 0.4) is 0 Å². The molecule has 5 heteroatoms. The van der Waals surface area contributed by atoms with Crippen LogP contribution in [0.1, 0.15) is 44.0 Å². The number of ether oxygens (including phenoxy) is 1. The van der Waals surface area contributed by atoms with Crippen LogP contribution in [0.4, 0.5) is 0 Å². The number of phenols is 2. The van der Waals surface area contributed by atoms with Crippen molar-refractivity contribution in [2.24, 2.45) is 0 Å². The van der Waals surface area contributed by atoms with Crippen molar-refractivity contribution < 1.29 is 28.7 Å². The Morgan fingerprint density at radius 3 is 2.32 bits per heavy atom. The SMILES string of the molecule is [2H]C1([2H])N(CCOc2ccc(Cn3c(-c4ccc(O)cc4)c(C)c4cc(O)ccc43)cc2)C([2H])([2H])C([2H])([2H])C([2H])([2H])C1([2H])[2H]. The number of aryl methyl sites for hydroxylation is 1. The average Bonchev–Trinajstić information content (AvgIpc) is 3.21. The fourth-order valence-electron chi connectivity index (χ4n) is 4.16. The largest absolute Gasteiger partial charge is 0.508 e. The number of aromatic hydroxyl groups is 2. The predicted octanol–water partition coefficient (Wildman–Crippen LogP) is 5.94. The molecule has 1 fully saturated rings. The van der Waals surface area contributed by atoms with Crippen LogP contribution in [0.25, 0.3) is 22.2 Å². The van der Waals surface area contributed by atoms with E-state index >= 15 is 0 Å². The molecule has 2 heterocycles. The minimum absolute atomic E-state index is 0.146. The number of piperidine rings is 1. The highest BCUT2D eigenvalue weighted by molar-refractivity contribution is 5.92. The summed E-state index contributed by atoms with van der Waals surface area (Å²) >= 11 is 0. The second kappa shape index (κ2) is 9.82. The number of fused-ring (bicyclic) bond motifs is 1. The maximum absolute atomic E-state index is 10.1. The Balaban J connectivity index is 1.36. The molecule has 3 aromatic carbocycles. The molecule has 5 rings (SSSR count). The van der Waals surface area contributed by atoms with Crippen LogP contribution in [0.5, 0.6) is 17.2 Å². The van der Waals surface area contributed by atoms with E-state index in [0.29, 0.717) is 17.2 Å². The minimum Gasteiger partial charge on any atom is -0.508 e. The van der Waals surface area contributed by atoms with Crippen LogP contribution in [-0.2, 0) is 6.54 Å². The van der Waals surface area contributed by atoms with Crippen LogP contribution in [0, 0.1) is 6.92 Å². The van der Waals surface area contributed by atoms with E-state index in [2.05, 4.69) is 4.57 Å². The fraction of sp³-hybridized carbons (Fsp3) is 0.310. The molecular formula is C29H32N2O3. The van der Waals surface area contributed by atoms with Crippen molar-refractivity contribution >= 4 is 10.9 Å². The summed E-state index contributed by atoms with van der Waals surface area (Å²) in [6, 6.07) is 19.0. The van der Waals surface area contributed by atoms with Gasteiger partial charge < -0.3 is 19.5 Å². The second-order valence-electron chi connectivity index (χ2n) is 8.05. The van der Waals surface area contributed by atoms with Crippen LogP contribution in [0.2, 0.25) is 0 Å². The zero-order valence-corrected chi connectivity index (χ0v) is 18.7. The second-order valence-corrected chi connectivity index (χ2v) is 8.05. The van der Waals surface area contributed by atoms with Gasteiger partial charge in [-0.2, -0.15) is 0 Å². The van der Waals surface area contributed by atoms with E-state index in [9.17, 15) is 10.2 Å². The zero-order chi connectivity index (χ0) is 32.5. The van der Waals surface area contributed by atoms with Gasteiger partial charge in [-0.3, -0.25) is 4.90 Å². The smallest absolute Gasteiger partial charge is 0.119 e. The van der Waals surface area contributed by atoms with Gasteiger partial charge in [-0.1, -0.05) is 18.5 Å². The van der Waals surface area contributed by atoms with E-state index in [0.717, 1.165) is 33.3 Å². The molecule has 1 aromatic heterocycles. The highest BCUT2D eigenvalue weighted by atomic mass is 16.5. The molecule has 5 nitrogen and oxygen atoms in total. The van der Waals surface area contributed by atoms with Crippen molar-refractivity contribution in [1.82, 2.24) is 9.47 Å². The number of hydrogen-bond donors (Lipinski definition) is 2. The van der Waals surface area contributed by atoms with Gasteiger partial charge in [0.05, 0.1) is 5.69 Å². The number of rotatable bonds is 7. The molecule has 0 amide bonds. The first kappa shape index (κ1) is 13.4. The van der Waals surface area contributed by atoms with Gasteiger partial charge in [-0.15, -0.1) is 0 Å². The number of nitrogens with zero attached hydrogens (tertiary/aromatic N) is 2. The van der Waals surface area contributed by atoms with Gasteiger partial charge >= 0.3 is 0 Å². The summed E-state index contributed by atoms with van der Waals surface area (Å²) in [5.41, 5.74) is 4.56. The van der Waals surface area contributed by atoms with Crippen molar-refractivity contribution in [2.75, 3.05) is 26.1 Å². The Kier molecular flexibility index (Phi) is 3.88. The van der Waals surface area contributed by atoms with Crippen molar-refractivity contribution in [3.8, 4) is 28.5 Å². The molecule has 1 aliphatic rings. The Hall–Kier alpha value is -3.44. The van der Waals surface area contributed by atoms with Gasteiger partial charge in [0, 0.05) is 37.7 Å². The Morgan fingerprint density at radius 1 is 0.882 bits per heavy atom. The van der Waals surface area contributed by atoms with Crippen LogP contribution in [0.15, 0.2) is 66.7 Å². The van der Waals surface area contributed by atoms with E-state index in [1.807, 2.05) is 37.3 Å². The third-order valence-corrected chi connectivity index (χ3v) is 5.80. The van der Waals surface area contributed by atoms with Crippen molar-refractivity contribution in [3.05, 3.63) is 77.9 Å². The lowest BCUT2D eigenvalue weighted by Crippen LogP contribution is -2.33. The molecule has 2 N–H and O–H groups in total. The fourth-order valence-corrected chi connectivity index (χ4v) is 4.16. The topological polar surface area (TPSA) is 57.9 Å². The number of hydrogen-bond acceptors (Lipinski definition) is 4. The Labute approximate surface area is 214 Å². The number of phenolic OH excluding ortho intramolecular Hbond substituents is 2. The van der Waals surface area contributed by atoms with Crippen molar-refractivity contribution in [3.63, 3.8) is 0 Å². The Bertz CT molecular complexity index is 1660. The molecule has 0 spiro atoms. The van der Waals surface area contributed by atoms with Crippen LogP contribution < -0.4 is 4.74 Å². The quantitative estimate of drug-likeness (QED) is 0.354. The highest BCUT2D eigenvalue weighted by Crippen LogP contribution is 2.36. The third kappa shape index (κ3) is 4.75. The standard InChI is InChI=1S/C29H32N2O3/c1-21-27-19-25(33)11-14-28(27)31(29(21)23-7-9-24(32)10-8-23)20-22-5-12-26(13-6-22)34-18-17-30-15-3-2-4-16-30/h5-14,19,32-33H,2-4,15-18,20H2,1H3/i2D2,3D2,4D2,15D2,16D2. The maximum atomic E-state index is 10.1. The van der Waals surface area contributed by atoms with Gasteiger partial charge in [-0.25, -0.2) is 0 Å². The van der Waals surface area contributed by atoms with Gasteiger partial charge in [0.15, 0.2) is 0 Å². The lowest BCUT2D eigenvalue weighted by atomic mass is 10.1. The summed E-state index contributed by atoms with van der Waals surface area (Å²) in [4.78, 5) is 0.359. The molecule has 0 unspecified atom stereocenters. The van der Waals surface area contributed by atoms with Crippen molar-refractivity contribution in [1.29, 1.82) is 0 Å². The maximum Gasteiger partial charge on any atom is 0.119 e. The predicted molar refractivity (Wildman–Crippen MR) is 137 cm³/mol. The molecular weight excluding hydrogens is 424 g/mol.